The van der Waals surface area contributed by atoms with Gasteiger partial charge in [0.1, 0.15) is 11.6 Å². The second-order valence-electron chi connectivity index (χ2n) is 4.96. The van der Waals surface area contributed by atoms with Gasteiger partial charge >= 0.3 is 10.2 Å². The lowest BCUT2D eigenvalue weighted by atomic mass is 10.0. The standard InChI is InChI=1S/C12H15BrF2N2O2S/c1-8-3-2-4-17(7-8)20(18,19)16-12-6-10(14)9(13)5-11(12)15/h5-6,8,16H,2-4,7H2,1H3. The molecule has 1 aromatic rings. The fraction of sp³-hybridized carbons (Fsp3) is 0.500. The van der Waals surface area contributed by atoms with Crippen LogP contribution < -0.4 is 4.72 Å². The number of nitrogens with zero attached hydrogens (tertiary/aromatic N) is 1. The Morgan fingerprint density at radius 2 is 2.05 bits per heavy atom. The van der Waals surface area contributed by atoms with E-state index < -0.39 is 21.8 Å². The molecule has 1 aliphatic rings. The van der Waals surface area contributed by atoms with Gasteiger partial charge in [-0.2, -0.15) is 12.7 Å². The van der Waals surface area contributed by atoms with Gasteiger partial charge in [0.2, 0.25) is 0 Å². The van der Waals surface area contributed by atoms with Crippen LogP contribution >= 0.6 is 15.9 Å². The van der Waals surface area contributed by atoms with Crippen molar-refractivity contribution >= 4 is 31.8 Å². The van der Waals surface area contributed by atoms with E-state index >= 15 is 0 Å². The molecule has 0 spiro atoms. The summed E-state index contributed by atoms with van der Waals surface area (Å²) in [4.78, 5) is 0. The highest BCUT2D eigenvalue weighted by Crippen LogP contribution is 2.26. The van der Waals surface area contributed by atoms with Gasteiger partial charge in [-0.1, -0.05) is 6.92 Å². The predicted molar refractivity (Wildman–Crippen MR) is 76.6 cm³/mol. The molecule has 0 amide bonds. The van der Waals surface area contributed by atoms with Gasteiger partial charge in [0.25, 0.3) is 0 Å². The van der Waals surface area contributed by atoms with E-state index in [0.717, 1.165) is 25.0 Å². The highest BCUT2D eigenvalue weighted by molar-refractivity contribution is 9.10. The molecule has 1 saturated heterocycles. The van der Waals surface area contributed by atoms with Crippen molar-refractivity contribution in [3.05, 3.63) is 28.2 Å². The first-order chi connectivity index (χ1) is 9.29. The molecule has 0 bridgehead atoms. The zero-order valence-corrected chi connectivity index (χ0v) is 13.3. The van der Waals surface area contributed by atoms with Crippen molar-refractivity contribution in [1.29, 1.82) is 0 Å². The van der Waals surface area contributed by atoms with Crippen molar-refractivity contribution in [1.82, 2.24) is 4.31 Å². The van der Waals surface area contributed by atoms with Crippen LogP contribution in [0.4, 0.5) is 14.5 Å². The molecule has 4 nitrogen and oxygen atoms in total. The van der Waals surface area contributed by atoms with Crippen molar-refractivity contribution in [2.45, 2.75) is 19.8 Å². The first kappa shape index (κ1) is 15.7. The Labute approximate surface area is 125 Å². The van der Waals surface area contributed by atoms with E-state index in [4.69, 9.17) is 0 Å². The summed E-state index contributed by atoms with van der Waals surface area (Å²) < 4.78 is 54.7. The molecule has 1 fully saturated rings. The topological polar surface area (TPSA) is 49.4 Å². The highest BCUT2D eigenvalue weighted by Gasteiger charge is 2.28. The molecular weight excluding hydrogens is 354 g/mol. The van der Waals surface area contributed by atoms with Crippen LogP contribution in [0, 0.1) is 17.6 Å². The van der Waals surface area contributed by atoms with Crippen LogP contribution in [0.25, 0.3) is 0 Å². The molecular formula is C12H15BrF2N2O2S. The van der Waals surface area contributed by atoms with Gasteiger partial charge in [-0.25, -0.2) is 8.78 Å². The van der Waals surface area contributed by atoms with Crippen molar-refractivity contribution in [3.8, 4) is 0 Å². The largest absolute Gasteiger partial charge is 0.301 e. The average molecular weight is 369 g/mol. The number of hydrogen-bond acceptors (Lipinski definition) is 2. The molecule has 2 rings (SSSR count). The minimum Gasteiger partial charge on any atom is -0.268 e. The summed E-state index contributed by atoms with van der Waals surface area (Å²) in [6.07, 6.45) is 1.73. The number of benzene rings is 1. The van der Waals surface area contributed by atoms with E-state index in [1.54, 1.807) is 0 Å². The zero-order valence-electron chi connectivity index (χ0n) is 10.9. The van der Waals surface area contributed by atoms with E-state index in [-0.39, 0.29) is 16.1 Å². The first-order valence-corrected chi connectivity index (χ1v) is 8.45. The molecule has 0 saturated carbocycles. The molecule has 112 valence electrons. The Kier molecular flexibility index (Phi) is 4.66. The van der Waals surface area contributed by atoms with Crippen LogP contribution in [0.5, 0.6) is 0 Å². The van der Waals surface area contributed by atoms with E-state index in [1.165, 1.54) is 4.31 Å². The lowest BCUT2D eigenvalue weighted by molar-refractivity contribution is 0.282. The molecule has 0 radical (unpaired) electrons. The summed E-state index contributed by atoms with van der Waals surface area (Å²) in [5, 5.41) is 0. The number of hydrogen-bond donors (Lipinski definition) is 1. The van der Waals surface area contributed by atoms with Crippen LogP contribution in [0.3, 0.4) is 0 Å². The van der Waals surface area contributed by atoms with Crippen LogP contribution in [0.15, 0.2) is 16.6 Å². The van der Waals surface area contributed by atoms with Gasteiger partial charge in [-0.3, -0.25) is 4.72 Å². The molecule has 0 aromatic heterocycles. The van der Waals surface area contributed by atoms with Gasteiger partial charge in [-0.15, -0.1) is 0 Å². The summed E-state index contributed by atoms with van der Waals surface area (Å²) in [5.74, 6) is -1.30. The quantitative estimate of drug-likeness (QED) is 0.833. The Balaban J connectivity index is 2.22. The number of rotatable bonds is 3. The van der Waals surface area contributed by atoms with Gasteiger partial charge in [-0.05, 0) is 40.8 Å². The Morgan fingerprint density at radius 1 is 1.35 bits per heavy atom. The lowest BCUT2D eigenvalue weighted by Crippen LogP contribution is -2.42. The third-order valence-electron chi connectivity index (χ3n) is 3.21. The Bertz CT molecular complexity index is 610. The molecule has 1 aromatic carbocycles. The van der Waals surface area contributed by atoms with Crippen molar-refractivity contribution in [3.63, 3.8) is 0 Å². The monoisotopic (exact) mass is 368 g/mol. The first-order valence-electron chi connectivity index (χ1n) is 6.22. The highest BCUT2D eigenvalue weighted by atomic mass is 79.9. The van der Waals surface area contributed by atoms with Crippen LogP contribution in [-0.2, 0) is 10.2 Å². The molecule has 1 heterocycles. The second-order valence-corrected chi connectivity index (χ2v) is 7.48. The number of anilines is 1. The van der Waals surface area contributed by atoms with Gasteiger partial charge in [0.15, 0.2) is 0 Å². The molecule has 1 N–H and O–H groups in total. The molecule has 0 aliphatic carbocycles. The second kappa shape index (κ2) is 5.95. The van der Waals surface area contributed by atoms with Gasteiger partial charge in [0, 0.05) is 19.2 Å². The summed E-state index contributed by atoms with van der Waals surface area (Å²) in [7, 11) is -3.86. The van der Waals surface area contributed by atoms with Crippen LogP contribution in [-0.4, -0.2) is 25.8 Å². The van der Waals surface area contributed by atoms with Crippen molar-refractivity contribution in [2.24, 2.45) is 5.92 Å². The fourth-order valence-electron chi connectivity index (χ4n) is 2.17. The number of piperidine rings is 1. The Hall–Kier alpha value is -0.730. The van der Waals surface area contributed by atoms with E-state index in [2.05, 4.69) is 20.7 Å². The van der Waals surface area contributed by atoms with Gasteiger partial charge in [0.05, 0.1) is 10.2 Å². The fourth-order valence-corrected chi connectivity index (χ4v) is 3.87. The lowest BCUT2D eigenvalue weighted by Gasteiger charge is -2.30. The summed E-state index contributed by atoms with van der Waals surface area (Å²) in [6.45, 7) is 2.73. The predicted octanol–water partition coefficient (Wildman–Crippen LogP) is 3.12. The summed E-state index contributed by atoms with van der Waals surface area (Å²) in [5.41, 5.74) is -0.385. The maximum Gasteiger partial charge on any atom is 0.301 e. The molecule has 1 aliphatic heterocycles. The van der Waals surface area contributed by atoms with E-state index in [1.807, 2.05) is 6.92 Å². The summed E-state index contributed by atoms with van der Waals surface area (Å²) in [6, 6.07) is 1.72. The molecule has 1 unspecified atom stereocenters. The molecule has 1 atom stereocenters. The smallest absolute Gasteiger partial charge is 0.268 e. The van der Waals surface area contributed by atoms with Crippen molar-refractivity contribution < 1.29 is 17.2 Å². The number of nitrogens with one attached hydrogen (secondary N) is 1. The van der Waals surface area contributed by atoms with E-state index in [9.17, 15) is 17.2 Å². The normalized spacial score (nSPS) is 20.9. The molecule has 20 heavy (non-hydrogen) atoms. The third kappa shape index (κ3) is 3.48. The molecule has 8 heteroatoms. The third-order valence-corrected chi connectivity index (χ3v) is 5.31. The van der Waals surface area contributed by atoms with Crippen LogP contribution in [0.2, 0.25) is 0 Å². The number of halogens is 3. The minimum atomic E-state index is -3.86. The van der Waals surface area contributed by atoms with Gasteiger partial charge < -0.3 is 0 Å². The van der Waals surface area contributed by atoms with Crippen molar-refractivity contribution in [2.75, 3.05) is 17.8 Å². The average Bonchev–Trinajstić information content (AvgIpc) is 2.36. The summed E-state index contributed by atoms with van der Waals surface area (Å²) >= 11 is 2.84. The Morgan fingerprint density at radius 3 is 2.70 bits per heavy atom. The minimum absolute atomic E-state index is 0.0513. The van der Waals surface area contributed by atoms with E-state index in [0.29, 0.717) is 13.1 Å². The maximum atomic E-state index is 13.7. The zero-order chi connectivity index (χ0) is 14.9. The van der Waals surface area contributed by atoms with Crippen LogP contribution in [0.1, 0.15) is 19.8 Å². The SMILES string of the molecule is CC1CCCN(S(=O)(=O)Nc2cc(F)c(Br)cc2F)C1. The maximum absolute atomic E-state index is 13.7.